The Morgan fingerprint density at radius 1 is 1.14 bits per heavy atom. The normalized spacial score (nSPS) is 13.8. The number of benzene rings is 2. The van der Waals surface area contributed by atoms with Gasteiger partial charge in [-0.3, -0.25) is 19.7 Å². The van der Waals surface area contributed by atoms with Crippen LogP contribution in [0.1, 0.15) is 52.3 Å². The summed E-state index contributed by atoms with van der Waals surface area (Å²) < 4.78 is 26.5. The Bertz CT molecular complexity index is 1710. The summed E-state index contributed by atoms with van der Waals surface area (Å²) in [6.45, 7) is 10.6. The first-order valence-corrected chi connectivity index (χ1v) is 15.1. The van der Waals surface area contributed by atoms with E-state index in [-0.39, 0.29) is 33.4 Å². The van der Waals surface area contributed by atoms with Gasteiger partial charge < -0.3 is 25.6 Å². The number of nitrogens with zero attached hydrogens (tertiary/aromatic N) is 2. The van der Waals surface area contributed by atoms with E-state index in [2.05, 4.69) is 34.4 Å². The smallest absolute Gasteiger partial charge is 0.270 e. The Morgan fingerprint density at radius 2 is 1.86 bits per heavy atom. The van der Waals surface area contributed by atoms with Crippen LogP contribution in [-0.4, -0.2) is 66.3 Å². The fourth-order valence-corrected chi connectivity index (χ4v) is 6.33. The first kappa shape index (κ1) is 30.5. The summed E-state index contributed by atoms with van der Waals surface area (Å²) in [6.07, 6.45) is 1.58. The van der Waals surface area contributed by atoms with Crippen LogP contribution in [0.2, 0.25) is 0 Å². The number of hydrogen-bond acceptors (Lipinski definition) is 8. The second kappa shape index (κ2) is 12.2. The molecule has 12 nitrogen and oxygen atoms in total. The summed E-state index contributed by atoms with van der Waals surface area (Å²) in [5, 5.41) is 26.9. The molecular formula is C29H33N5O7S. The third-order valence-electron chi connectivity index (χ3n) is 7.35. The molecule has 1 aliphatic heterocycles. The van der Waals surface area contributed by atoms with E-state index < -0.39 is 26.4 Å². The maximum absolute atomic E-state index is 13.3. The number of H-pyrrole nitrogens is 1. The molecule has 13 heteroatoms. The zero-order chi connectivity index (χ0) is 30.8. The van der Waals surface area contributed by atoms with Crippen LogP contribution in [0.5, 0.6) is 5.75 Å². The van der Waals surface area contributed by atoms with E-state index >= 15 is 0 Å². The van der Waals surface area contributed by atoms with Gasteiger partial charge in [0.05, 0.1) is 26.7 Å². The number of aromatic amines is 1. The van der Waals surface area contributed by atoms with E-state index in [4.69, 9.17) is 0 Å². The predicted octanol–water partition coefficient (Wildman–Crippen LogP) is 3.78. The number of non-ortho nitro benzene ring substituents is 1. The number of nitro groups is 1. The van der Waals surface area contributed by atoms with Crippen molar-refractivity contribution in [2.24, 2.45) is 0 Å². The molecule has 2 aromatic carbocycles. The van der Waals surface area contributed by atoms with Gasteiger partial charge >= 0.3 is 0 Å². The summed E-state index contributed by atoms with van der Waals surface area (Å²) >= 11 is 0. The summed E-state index contributed by atoms with van der Waals surface area (Å²) in [4.78, 5) is 41.6. The Morgan fingerprint density at radius 3 is 2.52 bits per heavy atom. The van der Waals surface area contributed by atoms with Gasteiger partial charge in [-0.1, -0.05) is 13.8 Å². The Labute approximate surface area is 243 Å². The van der Waals surface area contributed by atoms with E-state index in [1.54, 1.807) is 19.9 Å². The molecule has 1 aromatic heterocycles. The number of aromatic nitrogens is 1. The van der Waals surface area contributed by atoms with Crippen LogP contribution in [0.4, 0.5) is 11.4 Å². The van der Waals surface area contributed by atoms with Gasteiger partial charge in [-0.25, -0.2) is 8.42 Å². The molecule has 0 spiro atoms. The standard InChI is InChI=1S/C29H33N5O7S/c1-5-33(6-2)12-11-30-29(37)27-17(3)25(31-18(27)4)15-23-22-14-21(8-9-24(22)32-28(23)36)42(40,41)16-19-13-20(34(38)39)7-10-26(19)35/h7-10,13-15,31,35H,5-6,11-12,16H2,1-4H3,(H,30,37)(H,32,36)/b23-15-. The van der Waals surface area contributed by atoms with Crippen molar-refractivity contribution in [3.63, 3.8) is 0 Å². The van der Waals surface area contributed by atoms with Gasteiger partial charge in [-0.05, 0) is 62.8 Å². The number of hydrogen-bond donors (Lipinski definition) is 4. The molecule has 0 bridgehead atoms. The zero-order valence-electron chi connectivity index (χ0n) is 23.8. The summed E-state index contributed by atoms with van der Waals surface area (Å²) in [5.41, 5.74) is 2.80. The molecule has 0 aliphatic carbocycles. The first-order valence-electron chi connectivity index (χ1n) is 13.4. The molecule has 0 radical (unpaired) electrons. The van der Waals surface area contributed by atoms with Gasteiger partial charge in [0.15, 0.2) is 9.84 Å². The summed E-state index contributed by atoms with van der Waals surface area (Å²) in [6, 6.07) is 7.34. The number of carbonyl (C=O) groups is 2. The largest absolute Gasteiger partial charge is 0.508 e. The van der Waals surface area contributed by atoms with Crippen LogP contribution in [0.15, 0.2) is 41.3 Å². The number of nitro benzene ring substituents is 1. The molecule has 2 heterocycles. The van der Waals surface area contributed by atoms with Gasteiger partial charge in [0.1, 0.15) is 5.75 Å². The molecule has 4 rings (SSSR count). The third kappa shape index (κ3) is 6.21. The lowest BCUT2D eigenvalue weighted by atomic mass is 10.0. The average molecular weight is 596 g/mol. The number of aromatic hydroxyl groups is 1. The highest BCUT2D eigenvalue weighted by molar-refractivity contribution is 7.90. The number of phenolic OH excluding ortho intramolecular Hbond substituents is 1. The summed E-state index contributed by atoms with van der Waals surface area (Å²) in [7, 11) is -4.07. The van der Waals surface area contributed by atoms with Crippen LogP contribution in [0.3, 0.4) is 0 Å². The highest BCUT2D eigenvalue weighted by Gasteiger charge is 2.29. The number of likely N-dealkylation sites (N-methyl/N-ethyl adjacent to an activating group) is 1. The number of phenols is 1. The molecule has 42 heavy (non-hydrogen) atoms. The van der Waals surface area contributed by atoms with E-state index in [1.807, 2.05) is 0 Å². The van der Waals surface area contributed by atoms with E-state index in [9.17, 15) is 33.2 Å². The molecule has 0 atom stereocenters. The molecule has 3 aromatic rings. The van der Waals surface area contributed by atoms with E-state index in [0.717, 1.165) is 37.8 Å². The average Bonchev–Trinajstić information content (AvgIpc) is 3.41. The fraction of sp³-hybridized carbons (Fsp3) is 0.310. The number of anilines is 1. The fourth-order valence-electron chi connectivity index (χ4n) is 4.95. The number of sulfone groups is 1. The number of rotatable bonds is 11. The van der Waals surface area contributed by atoms with Gasteiger partial charge in [0.2, 0.25) is 0 Å². The molecule has 2 amide bonds. The van der Waals surface area contributed by atoms with Crippen molar-refractivity contribution in [3.05, 3.63) is 80.2 Å². The van der Waals surface area contributed by atoms with Gasteiger partial charge in [0, 0.05) is 53.4 Å². The Balaban J connectivity index is 1.63. The maximum Gasteiger partial charge on any atom is 0.270 e. The number of carbonyl (C=O) groups excluding carboxylic acids is 2. The quantitative estimate of drug-likeness (QED) is 0.147. The van der Waals surface area contributed by atoms with Crippen LogP contribution in [0.25, 0.3) is 11.6 Å². The van der Waals surface area contributed by atoms with Gasteiger partial charge in [0.25, 0.3) is 17.5 Å². The second-order valence-corrected chi connectivity index (χ2v) is 12.0. The van der Waals surface area contributed by atoms with E-state index in [0.29, 0.717) is 40.3 Å². The molecule has 0 fully saturated rings. The van der Waals surface area contributed by atoms with Crippen molar-refractivity contribution in [1.29, 1.82) is 0 Å². The number of nitrogens with one attached hydrogen (secondary N) is 3. The van der Waals surface area contributed by atoms with Crippen molar-refractivity contribution < 1.29 is 28.0 Å². The van der Waals surface area contributed by atoms with Crippen molar-refractivity contribution >= 4 is 44.7 Å². The molecule has 0 unspecified atom stereocenters. The SMILES string of the molecule is CCN(CC)CCNC(=O)c1c(C)[nH]c(/C=C2\C(=O)Nc3ccc(S(=O)(=O)Cc4cc([N+](=O)[O-])ccc4O)cc32)c1C. The molecule has 4 N–H and O–H groups in total. The zero-order valence-corrected chi connectivity index (χ0v) is 24.6. The van der Waals surface area contributed by atoms with Crippen molar-refractivity contribution in [3.8, 4) is 5.75 Å². The van der Waals surface area contributed by atoms with Crippen LogP contribution < -0.4 is 10.6 Å². The van der Waals surface area contributed by atoms with Crippen LogP contribution >= 0.6 is 0 Å². The third-order valence-corrected chi connectivity index (χ3v) is 9.02. The van der Waals surface area contributed by atoms with E-state index in [1.165, 1.54) is 18.2 Å². The predicted molar refractivity (Wildman–Crippen MR) is 159 cm³/mol. The molecule has 0 saturated carbocycles. The monoisotopic (exact) mass is 595 g/mol. The van der Waals surface area contributed by atoms with Gasteiger partial charge in [-0.2, -0.15) is 0 Å². The Hall–Kier alpha value is -4.49. The highest BCUT2D eigenvalue weighted by Crippen LogP contribution is 2.36. The van der Waals surface area contributed by atoms with Crippen LogP contribution in [-0.2, 0) is 20.4 Å². The molecule has 1 aliphatic rings. The lowest BCUT2D eigenvalue weighted by Gasteiger charge is -2.18. The molecule has 222 valence electrons. The van der Waals surface area contributed by atoms with Crippen molar-refractivity contribution in [1.82, 2.24) is 15.2 Å². The minimum atomic E-state index is -4.07. The lowest BCUT2D eigenvalue weighted by Crippen LogP contribution is -2.35. The topological polar surface area (TPSA) is 175 Å². The minimum absolute atomic E-state index is 0.116. The first-order chi connectivity index (χ1) is 19.9. The second-order valence-electron chi connectivity index (χ2n) is 10.00. The summed E-state index contributed by atoms with van der Waals surface area (Å²) in [5.74, 6) is -1.73. The highest BCUT2D eigenvalue weighted by atomic mass is 32.2. The molecule has 0 saturated heterocycles. The van der Waals surface area contributed by atoms with Crippen LogP contribution in [0, 0.1) is 24.0 Å². The number of amides is 2. The van der Waals surface area contributed by atoms with Crippen molar-refractivity contribution in [2.45, 2.75) is 38.3 Å². The van der Waals surface area contributed by atoms with Gasteiger partial charge in [-0.15, -0.1) is 0 Å². The molecular weight excluding hydrogens is 562 g/mol. The lowest BCUT2D eigenvalue weighted by molar-refractivity contribution is -0.384. The Kier molecular flexibility index (Phi) is 8.83. The number of fused-ring (bicyclic) bond motifs is 1. The number of aryl methyl sites for hydroxylation is 1. The maximum atomic E-state index is 13.3. The van der Waals surface area contributed by atoms with Crippen molar-refractivity contribution in [2.75, 3.05) is 31.5 Å². The minimum Gasteiger partial charge on any atom is -0.508 e.